The van der Waals surface area contributed by atoms with Crippen LogP contribution < -0.4 is 10.3 Å². The Labute approximate surface area is 176 Å². The van der Waals surface area contributed by atoms with Gasteiger partial charge in [0.1, 0.15) is 0 Å². The number of carbonyl (C=O) groups is 1. The second kappa shape index (κ2) is 7.68. The molecule has 8 heteroatoms. The van der Waals surface area contributed by atoms with Gasteiger partial charge >= 0.3 is 6.18 Å². The van der Waals surface area contributed by atoms with Gasteiger partial charge in [0.25, 0.3) is 5.91 Å². The number of alkyl halides is 3. The van der Waals surface area contributed by atoms with E-state index in [9.17, 15) is 22.8 Å². The normalized spacial score (nSPS) is 16.2. The fourth-order valence-electron chi connectivity index (χ4n) is 3.88. The summed E-state index contributed by atoms with van der Waals surface area (Å²) >= 11 is 0. The van der Waals surface area contributed by atoms with Gasteiger partial charge in [0.05, 0.1) is 11.3 Å². The molecule has 2 heterocycles. The number of anilines is 1. The Morgan fingerprint density at radius 1 is 1.10 bits per heavy atom. The van der Waals surface area contributed by atoms with Crippen LogP contribution in [0.3, 0.4) is 0 Å². The third-order valence-corrected chi connectivity index (χ3v) is 5.47. The molecule has 1 unspecified atom stereocenters. The van der Waals surface area contributed by atoms with Crippen molar-refractivity contribution in [3.8, 4) is 5.69 Å². The van der Waals surface area contributed by atoms with Gasteiger partial charge in [-0.05, 0) is 56.5 Å². The molecular weight excluding hydrogens is 407 g/mol. The van der Waals surface area contributed by atoms with Crippen LogP contribution in [0.25, 0.3) is 5.69 Å². The van der Waals surface area contributed by atoms with Crippen molar-refractivity contribution < 1.29 is 18.0 Å². The highest BCUT2D eigenvalue weighted by molar-refractivity contribution is 6.05. The Hall–Kier alpha value is -3.42. The number of halogens is 3. The minimum atomic E-state index is -4.52. The van der Waals surface area contributed by atoms with Gasteiger partial charge < -0.3 is 4.90 Å². The summed E-state index contributed by atoms with van der Waals surface area (Å²) in [5.41, 5.74) is 0.434. The second-order valence-corrected chi connectivity index (χ2v) is 7.65. The Bertz CT molecular complexity index is 1220. The first kappa shape index (κ1) is 20.8. The minimum absolute atomic E-state index is 0.119. The predicted octanol–water partition coefficient (Wildman–Crippen LogP) is 4.54. The first-order chi connectivity index (χ1) is 14.7. The number of hydrogen-bond acceptors (Lipinski definition) is 3. The molecule has 1 atom stereocenters. The third-order valence-electron chi connectivity index (χ3n) is 5.47. The molecule has 160 valence electrons. The minimum Gasteiger partial charge on any atom is -0.304 e. The molecule has 5 nitrogen and oxygen atoms in total. The summed E-state index contributed by atoms with van der Waals surface area (Å²) in [6.07, 6.45) is -2.97. The molecule has 1 aliphatic rings. The van der Waals surface area contributed by atoms with E-state index >= 15 is 0 Å². The lowest BCUT2D eigenvalue weighted by Gasteiger charge is -2.35. The van der Waals surface area contributed by atoms with Crippen LogP contribution in [-0.2, 0) is 12.6 Å². The van der Waals surface area contributed by atoms with Crippen molar-refractivity contribution >= 4 is 11.6 Å². The Morgan fingerprint density at radius 3 is 2.58 bits per heavy atom. The molecule has 0 saturated carbocycles. The number of aromatic nitrogens is 2. The molecule has 0 N–H and O–H groups in total. The zero-order valence-corrected chi connectivity index (χ0v) is 17.0. The van der Waals surface area contributed by atoms with Gasteiger partial charge in [-0.1, -0.05) is 24.3 Å². The van der Waals surface area contributed by atoms with Gasteiger partial charge in [-0.2, -0.15) is 18.3 Å². The van der Waals surface area contributed by atoms with Crippen LogP contribution in [0.1, 0.15) is 40.7 Å². The highest BCUT2D eigenvalue weighted by Crippen LogP contribution is 2.32. The number of para-hydroxylation sites is 1. The van der Waals surface area contributed by atoms with E-state index in [2.05, 4.69) is 5.10 Å². The zero-order valence-electron chi connectivity index (χ0n) is 17.0. The predicted molar refractivity (Wildman–Crippen MR) is 111 cm³/mol. The van der Waals surface area contributed by atoms with E-state index in [4.69, 9.17) is 0 Å². The Morgan fingerprint density at radius 2 is 1.84 bits per heavy atom. The van der Waals surface area contributed by atoms with Crippen LogP contribution in [0.5, 0.6) is 0 Å². The van der Waals surface area contributed by atoms with E-state index in [0.717, 1.165) is 36.2 Å². The second-order valence-electron chi connectivity index (χ2n) is 7.65. The molecule has 4 rings (SSSR count). The Kier molecular flexibility index (Phi) is 5.16. The van der Waals surface area contributed by atoms with Gasteiger partial charge in [-0.3, -0.25) is 9.59 Å². The summed E-state index contributed by atoms with van der Waals surface area (Å²) in [5.74, 6) is -0.564. The number of fused-ring (bicyclic) bond motifs is 1. The SMILES string of the molecule is Cc1cc(=O)c(C(=O)N2c3ccccc3CCC2C)nn1-c1cccc(C(F)(F)F)c1. The van der Waals surface area contributed by atoms with E-state index in [1.807, 2.05) is 31.2 Å². The van der Waals surface area contributed by atoms with Gasteiger partial charge in [0.2, 0.25) is 5.43 Å². The van der Waals surface area contributed by atoms with Crippen molar-refractivity contribution in [2.24, 2.45) is 0 Å². The standard InChI is InChI=1S/C23H20F3N3O2/c1-14-10-11-16-6-3-4-9-19(16)28(14)22(31)21-20(30)12-15(2)29(27-21)18-8-5-7-17(13-18)23(24,25)26/h3-9,12-14H,10-11H2,1-2H3. The maximum atomic E-state index is 13.4. The summed E-state index contributed by atoms with van der Waals surface area (Å²) in [7, 11) is 0. The fourth-order valence-corrected chi connectivity index (χ4v) is 3.88. The van der Waals surface area contributed by atoms with Crippen LogP contribution in [-0.4, -0.2) is 21.7 Å². The summed E-state index contributed by atoms with van der Waals surface area (Å²) in [6.45, 7) is 3.45. The molecule has 2 aromatic carbocycles. The van der Waals surface area contributed by atoms with E-state index < -0.39 is 23.1 Å². The molecular formula is C23H20F3N3O2. The van der Waals surface area contributed by atoms with Gasteiger partial charge in [-0.15, -0.1) is 0 Å². The van der Waals surface area contributed by atoms with Crippen molar-refractivity contribution in [2.45, 2.75) is 38.9 Å². The molecule has 0 fully saturated rings. The van der Waals surface area contributed by atoms with Crippen molar-refractivity contribution in [1.82, 2.24) is 9.78 Å². The van der Waals surface area contributed by atoms with E-state index in [-0.39, 0.29) is 17.4 Å². The molecule has 31 heavy (non-hydrogen) atoms. The monoisotopic (exact) mass is 427 g/mol. The maximum Gasteiger partial charge on any atom is 0.416 e. The fraction of sp³-hybridized carbons (Fsp3) is 0.261. The Balaban J connectivity index is 1.81. The van der Waals surface area contributed by atoms with E-state index in [1.165, 1.54) is 22.9 Å². The van der Waals surface area contributed by atoms with Crippen LogP contribution in [0, 0.1) is 6.92 Å². The quantitative estimate of drug-likeness (QED) is 0.603. The average molecular weight is 427 g/mol. The molecule has 1 amide bonds. The van der Waals surface area contributed by atoms with E-state index in [1.54, 1.807) is 11.8 Å². The number of amides is 1. The third kappa shape index (κ3) is 3.85. The molecule has 0 spiro atoms. The summed E-state index contributed by atoms with van der Waals surface area (Å²) in [4.78, 5) is 27.6. The van der Waals surface area contributed by atoms with Gasteiger partial charge in [0, 0.05) is 23.5 Å². The number of aryl methyl sites for hydroxylation is 2. The highest BCUT2D eigenvalue weighted by atomic mass is 19.4. The average Bonchev–Trinajstić information content (AvgIpc) is 2.73. The summed E-state index contributed by atoms with van der Waals surface area (Å²) in [6, 6.07) is 13.2. The largest absolute Gasteiger partial charge is 0.416 e. The van der Waals surface area contributed by atoms with Crippen molar-refractivity contribution in [3.05, 3.63) is 87.3 Å². The molecule has 0 bridgehead atoms. The lowest BCUT2D eigenvalue weighted by molar-refractivity contribution is -0.137. The highest BCUT2D eigenvalue weighted by Gasteiger charge is 2.32. The molecule has 1 aromatic heterocycles. The van der Waals surface area contributed by atoms with Crippen molar-refractivity contribution in [3.63, 3.8) is 0 Å². The molecule has 3 aromatic rings. The smallest absolute Gasteiger partial charge is 0.304 e. The summed E-state index contributed by atoms with van der Waals surface area (Å²) < 4.78 is 40.6. The first-order valence-corrected chi connectivity index (χ1v) is 9.87. The molecule has 0 aliphatic carbocycles. The maximum absolute atomic E-state index is 13.4. The van der Waals surface area contributed by atoms with Crippen molar-refractivity contribution in [2.75, 3.05) is 4.90 Å². The number of carbonyl (C=O) groups excluding carboxylic acids is 1. The lowest BCUT2D eigenvalue weighted by atomic mass is 9.96. The van der Waals surface area contributed by atoms with Gasteiger partial charge in [-0.25, -0.2) is 4.68 Å². The van der Waals surface area contributed by atoms with E-state index in [0.29, 0.717) is 5.69 Å². The number of rotatable bonds is 2. The summed E-state index contributed by atoms with van der Waals surface area (Å²) in [5, 5.41) is 4.19. The first-order valence-electron chi connectivity index (χ1n) is 9.87. The lowest BCUT2D eigenvalue weighted by Crippen LogP contribution is -2.44. The van der Waals surface area contributed by atoms with Crippen molar-refractivity contribution in [1.29, 1.82) is 0 Å². The molecule has 0 saturated heterocycles. The molecule has 1 aliphatic heterocycles. The van der Waals surface area contributed by atoms with Crippen LogP contribution in [0.15, 0.2) is 59.4 Å². The number of benzene rings is 2. The topological polar surface area (TPSA) is 55.2 Å². The zero-order chi connectivity index (χ0) is 22.3. The van der Waals surface area contributed by atoms with Crippen LogP contribution in [0.2, 0.25) is 0 Å². The number of nitrogens with zero attached hydrogens (tertiary/aromatic N) is 3. The number of hydrogen-bond donors (Lipinski definition) is 0. The molecule has 0 radical (unpaired) electrons. The van der Waals surface area contributed by atoms with Crippen LogP contribution >= 0.6 is 0 Å². The van der Waals surface area contributed by atoms with Crippen LogP contribution in [0.4, 0.5) is 18.9 Å². The van der Waals surface area contributed by atoms with Gasteiger partial charge in [0.15, 0.2) is 5.69 Å².